The van der Waals surface area contributed by atoms with E-state index in [1.807, 2.05) is 7.11 Å². The van der Waals surface area contributed by atoms with E-state index in [0.29, 0.717) is 11.6 Å². The molecule has 2 heterocycles. The fourth-order valence-corrected chi connectivity index (χ4v) is 4.30. The Morgan fingerprint density at radius 3 is 1.78 bits per heavy atom. The summed E-state index contributed by atoms with van der Waals surface area (Å²) < 4.78 is 74.1. The molecule has 1 aromatic rings. The molecule has 212 valence electrons. The first-order valence-electron chi connectivity index (χ1n) is 11.2. The van der Waals surface area contributed by atoms with E-state index in [1.54, 1.807) is 7.11 Å². The van der Waals surface area contributed by atoms with E-state index >= 15 is 0 Å². The van der Waals surface area contributed by atoms with Crippen LogP contribution >= 0.6 is 0 Å². The van der Waals surface area contributed by atoms with Crippen LogP contribution in [0.15, 0.2) is 24.3 Å². The molecule has 1 unspecified atom stereocenters. The third kappa shape index (κ3) is 10.4. The average molecular weight is 547 g/mol. The second-order valence-corrected chi connectivity index (χ2v) is 8.71. The maximum Gasteiger partial charge on any atom is 0.490 e. The molecule has 2 aliphatic rings. The van der Waals surface area contributed by atoms with Crippen molar-refractivity contribution in [3.8, 4) is 5.75 Å². The number of hydrogen-bond donors (Lipinski definition) is 2. The molecule has 0 aromatic heterocycles. The number of carbonyl (C=O) groups is 2. The van der Waals surface area contributed by atoms with Gasteiger partial charge in [0.2, 0.25) is 0 Å². The fourth-order valence-electron chi connectivity index (χ4n) is 4.30. The lowest BCUT2D eigenvalue weighted by Gasteiger charge is -2.45. The molecule has 2 aliphatic heterocycles. The number of methoxy groups -OCH3 is 2. The number of carboxylic acids is 2. The molecule has 0 amide bonds. The van der Waals surface area contributed by atoms with E-state index in [0.717, 1.165) is 18.9 Å². The lowest BCUT2D eigenvalue weighted by atomic mass is 9.85. The summed E-state index contributed by atoms with van der Waals surface area (Å²) in [5.74, 6) is -4.58. The third-order valence-electron chi connectivity index (χ3n) is 6.43. The number of hydrogen-bond acceptors (Lipinski definition) is 6. The van der Waals surface area contributed by atoms with Gasteiger partial charge in [0.1, 0.15) is 5.75 Å². The molecule has 0 radical (unpaired) electrons. The largest absolute Gasteiger partial charge is 0.497 e. The van der Waals surface area contributed by atoms with Crippen molar-refractivity contribution in [2.75, 3.05) is 41.0 Å². The SMILES string of the molecule is COCC1CCC2(CCN(Cc3ccc(OC)cc3)CC2)N1C.O=C(O)C(F)(F)F.O=C(O)C(F)(F)F. The first-order chi connectivity index (χ1) is 17.1. The number of aliphatic carboxylic acids is 2. The molecule has 2 fully saturated rings. The van der Waals surface area contributed by atoms with E-state index in [-0.39, 0.29) is 0 Å². The van der Waals surface area contributed by atoms with Gasteiger partial charge in [-0.25, -0.2) is 9.59 Å². The van der Waals surface area contributed by atoms with Crippen LogP contribution in [-0.4, -0.2) is 96.8 Å². The molecule has 0 aliphatic carbocycles. The number of piperidine rings is 1. The fraction of sp³-hybridized carbons (Fsp3) is 0.652. The number of nitrogens with zero attached hydrogens (tertiary/aromatic N) is 2. The van der Waals surface area contributed by atoms with Crippen LogP contribution in [0.4, 0.5) is 26.3 Å². The highest BCUT2D eigenvalue weighted by molar-refractivity contribution is 5.73. The highest BCUT2D eigenvalue weighted by Crippen LogP contribution is 2.40. The van der Waals surface area contributed by atoms with Gasteiger partial charge in [-0.1, -0.05) is 12.1 Å². The summed E-state index contributed by atoms with van der Waals surface area (Å²) in [6.07, 6.45) is -5.00. The number of likely N-dealkylation sites (tertiary alicyclic amines) is 2. The maximum absolute atomic E-state index is 10.6. The van der Waals surface area contributed by atoms with Crippen LogP contribution in [0, 0.1) is 0 Å². The Labute approximate surface area is 210 Å². The van der Waals surface area contributed by atoms with Gasteiger partial charge in [0, 0.05) is 38.3 Å². The van der Waals surface area contributed by atoms with Crippen LogP contribution in [0.1, 0.15) is 31.2 Å². The van der Waals surface area contributed by atoms with Gasteiger partial charge in [-0.15, -0.1) is 0 Å². The van der Waals surface area contributed by atoms with Crippen molar-refractivity contribution in [2.24, 2.45) is 0 Å². The van der Waals surface area contributed by atoms with Crippen molar-refractivity contribution in [3.05, 3.63) is 29.8 Å². The minimum absolute atomic E-state index is 0.416. The Bertz CT molecular complexity index is 831. The van der Waals surface area contributed by atoms with E-state index in [9.17, 15) is 26.3 Å². The number of likely N-dealkylation sites (N-methyl/N-ethyl adjacent to an activating group) is 1. The summed E-state index contributed by atoms with van der Waals surface area (Å²) in [5, 5.41) is 14.2. The highest BCUT2D eigenvalue weighted by atomic mass is 19.4. The van der Waals surface area contributed by atoms with E-state index < -0.39 is 24.3 Å². The number of benzene rings is 1. The third-order valence-corrected chi connectivity index (χ3v) is 6.43. The van der Waals surface area contributed by atoms with Crippen LogP contribution in [0.2, 0.25) is 0 Å². The van der Waals surface area contributed by atoms with Crippen molar-refractivity contribution in [1.82, 2.24) is 9.80 Å². The van der Waals surface area contributed by atoms with Crippen LogP contribution in [0.5, 0.6) is 5.75 Å². The second kappa shape index (κ2) is 13.8. The van der Waals surface area contributed by atoms with E-state index in [4.69, 9.17) is 29.3 Å². The first kappa shape index (κ1) is 32.4. The van der Waals surface area contributed by atoms with Gasteiger partial charge >= 0.3 is 24.3 Å². The second-order valence-electron chi connectivity index (χ2n) is 8.71. The molecule has 2 saturated heterocycles. The summed E-state index contributed by atoms with van der Waals surface area (Å²) >= 11 is 0. The topological polar surface area (TPSA) is 99.5 Å². The van der Waals surface area contributed by atoms with Crippen molar-refractivity contribution >= 4 is 11.9 Å². The Hall–Kier alpha value is -2.58. The molecular formula is C23H32F6N2O6. The van der Waals surface area contributed by atoms with Gasteiger partial charge in [-0.05, 0) is 50.4 Å². The minimum Gasteiger partial charge on any atom is -0.497 e. The zero-order chi connectivity index (χ0) is 28.4. The van der Waals surface area contributed by atoms with Gasteiger partial charge < -0.3 is 19.7 Å². The molecule has 0 bridgehead atoms. The van der Waals surface area contributed by atoms with Gasteiger partial charge in [0.25, 0.3) is 0 Å². The zero-order valence-electron chi connectivity index (χ0n) is 20.7. The molecule has 37 heavy (non-hydrogen) atoms. The summed E-state index contributed by atoms with van der Waals surface area (Å²) in [4.78, 5) is 23.0. The summed E-state index contributed by atoms with van der Waals surface area (Å²) in [6, 6.07) is 9.08. The lowest BCUT2D eigenvalue weighted by Crippen LogP contribution is -2.52. The number of halogens is 6. The van der Waals surface area contributed by atoms with Crippen molar-refractivity contribution in [2.45, 2.75) is 56.2 Å². The number of carboxylic acid groups (broad SMARTS) is 2. The van der Waals surface area contributed by atoms with Gasteiger partial charge in [-0.2, -0.15) is 26.3 Å². The maximum atomic E-state index is 10.6. The summed E-state index contributed by atoms with van der Waals surface area (Å²) in [5.41, 5.74) is 1.79. The Morgan fingerprint density at radius 1 is 0.946 bits per heavy atom. The van der Waals surface area contributed by atoms with E-state index in [2.05, 4.69) is 41.1 Å². The molecular weight excluding hydrogens is 514 g/mol. The summed E-state index contributed by atoms with van der Waals surface area (Å²) in [7, 11) is 5.83. The van der Waals surface area contributed by atoms with E-state index in [1.165, 1.54) is 44.3 Å². The average Bonchev–Trinajstić information content (AvgIpc) is 3.11. The van der Waals surface area contributed by atoms with Crippen molar-refractivity contribution < 1.29 is 55.6 Å². The summed E-state index contributed by atoms with van der Waals surface area (Å²) in [6.45, 7) is 4.30. The minimum atomic E-state index is -5.08. The van der Waals surface area contributed by atoms with Crippen LogP contribution in [0.3, 0.4) is 0 Å². The first-order valence-corrected chi connectivity index (χ1v) is 11.2. The predicted octanol–water partition coefficient (Wildman–Crippen LogP) is 4.04. The predicted molar refractivity (Wildman–Crippen MR) is 120 cm³/mol. The van der Waals surface area contributed by atoms with Crippen LogP contribution < -0.4 is 4.74 Å². The van der Waals surface area contributed by atoms with Crippen molar-refractivity contribution in [1.29, 1.82) is 0 Å². The highest BCUT2D eigenvalue weighted by Gasteiger charge is 2.45. The lowest BCUT2D eigenvalue weighted by molar-refractivity contribution is -0.193. The van der Waals surface area contributed by atoms with Crippen LogP contribution in [0.25, 0.3) is 0 Å². The molecule has 3 rings (SSSR count). The number of alkyl halides is 6. The molecule has 1 spiro atoms. The Balaban J connectivity index is 0.000000404. The normalized spacial score (nSPS) is 19.9. The smallest absolute Gasteiger partial charge is 0.490 e. The molecule has 2 N–H and O–H groups in total. The monoisotopic (exact) mass is 546 g/mol. The van der Waals surface area contributed by atoms with Gasteiger partial charge in [0.15, 0.2) is 0 Å². The Morgan fingerprint density at radius 2 is 1.41 bits per heavy atom. The quantitative estimate of drug-likeness (QED) is 0.534. The van der Waals surface area contributed by atoms with Crippen molar-refractivity contribution in [3.63, 3.8) is 0 Å². The zero-order valence-corrected chi connectivity index (χ0v) is 20.7. The van der Waals surface area contributed by atoms with Gasteiger partial charge in [-0.3, -0.25) is 9.80 Å². The van der Waals surface area contributed by atoms with Gasteiger partial charge in [0.05, 0.1) is 13.7 Å². The molecule has 1 aromatic carbocycles. The number of rotatable bonds is 5. The Kier molecular flexibility index (Phi) is 12.1. The molecule has 0 saturated carbocycles. The molecule has 8 nitrogen and oxygen atoms in total. The molecule has 14 heteroatoms. The standard InChI is InChI=1S/C19H30N2O2.2C2HF3O2/c1-20-17(15-22-2)8-9-19(20)10-12-21(13-11-19)14-16-4-6-18(23-3)7-5-16;2*3-2(4,5)1(6)7/h4-7,17H,8-15H2,1-3H3;2*(H,6,7). The molecule has 1 atom stereocenters. The van der Waals surface area contributed by atoms with Crippen LogP contribution in [-0.2, 0) is 20.9 Å². The number of ether oxygens (including phenoxy) is 2.